The van der Waals surface area contributed by atoms with Gasteiger partial charge in [-0.15, -0.1) is 0 Å². The molecule has 0 bridgehead atoms. The van der Waals surface area contributed by atoms with Crippen LogP contribution in [0, 0.1) is 5.92 Å². The highest BCUT2D eigenvalue weighted by Crippen LogP contribution is 2.22. The third-order valence-corrected chi connectivity index (χ3v) is 3.54. The van der Waals surface area contributed by atoms with E-state index >= 15 is 0 Å². The van der Waals surface area contributed by atoms with Gasteiger partial charge in [0.25, 0.3) is 0 Å². The molecule has 1 aliphatic rings. The summed E-state index contributed by atoms with van der Waals surface area (Å²) in [5, 5.41) is 12.4. The van der Waals surface area contributed by atoms with Crippen molar-refractivity contribution in [1.29, 1.82) is 0 Å². The molecule has 0 saturated carbocycles. The molecule has 0 spiro atoms. The van der Waals surface area contributed by atoms with Crippen LogP contribution in [0.15, 0.2) is 24.3 Å². The van der Waals surface area contributed by atoms with E-state index in [1.165, 1.54) is 0 Å². The Morgan fingerprint density at radius 2 is 2.11 bits per heavy atom. The number of nitrogens with one attached hydrogen (secondary N) is 1. The second kappa shape index (κ2) is 6.06. The van der Waals surface area contributed by atoms with Gasteiger partial charge in [0.1, 0.15) is 0 Å². The van der Waals surface area contributed by atoms with Gasteiger partial charge in [0.15, 0.2) is 0 Å². The molecular weight excluding hydrogens is 240 g/mol. The van der Waals surface area contributed by atoms with E-state index in [-0.39, 0.29) is 0 Å². The maximum absolute atomic E-state index is 10.9. The van der Waals surface area contributed by atoms with Crippen molar-refractivity contribution in [2.45, 2.75) is 26.3 Å². The number of carbonyl (C=O) groups is 1. The summed E-state index contributed by atoms with van der Waals surface area (Å²) in [4.78, 5) is 13.3. The molecule has 4 heteroatoms. The Labute approximate surface area is 114 Å². The van der Waals surface area contributed by atoms with E-state index in [2.05, 4.69) is 24.1 Å². The summed E-state index contributed by atoms with van der Waals surface area (Å²) < 4.78 is 0. The van der Waals surface area contributed by atoms with E-state index in [1.807, 2.05) is 12.1 Å². The molecule has 2 N–H and O–H groups in total. The molecular formula is C15H22N2O2. The predicted molar refractivity (Wildman–Crippen MR) is 76.9 cm³/mol. The Morgan fingerprint density at radius 1 is 1.42 bits per heavy atom. The first-order chi connectivity index (χ1) is 9.08. The SMILES string of the molecule is CC(C)C[C@H]1CNCCN1c1ccc(C(=O)O)cc1. The summed E-state index contributed by atoms with van der Waals surface area (Å²) in [6, 6.07) is 7.70. The molecule has 0 aromatic heterocycles. The number of anilines is 1. The molecule has 0 unspecified atom stereocenters. The Balaban J connectivity index is 2.15. The van der Waals surface area contributed by atoms with Gasteiger partial charge in [0, 0.05) is 31.4 Å². The summed E-state index contributed by atoms with van der Waals surface area (Å²) in [6.07, 6.45) is 1.15. The van der Waals surface area contributed by atoms with Crippen LogP contribution in [0.2, 0.25) is 0 Å². The topological polar surface area (TPSA) is 52.6 Å². The zero-order valence-corrected chi connectivity index (χ0v) is 11.6. The van der Waals surface area contributed by atoms with E-state index in [0.29, 0.717) is 17.5 Å². The minimum atomic E-state index is -0.870. The largest absolute Gasteiger partial charge is 0.478 e. The van der Waals surface area contributed by atoms with Crippen molar-refractivity contribution in [2.24, 2.45) is 5.92 Å². The van der Waals surface area contributed by atoms with Crippen molar-refractivity contribution in [3.05, 3.63) is 29.8 Å². The zero-order chi connectivity index (χ0) is 13.8. The summed E-state index contributed by atoms with van der Waals surface area (Å²) in [5.74, 6) is -0.212. The predicted octanol–water partition coefficient (Wildman–Crippen LogP) is 2.21. The lowest BCUT2D eigenvalue weighted by molar-refractivity contribution is 0.0697. The van der Waals surface area contributed by atoms with Gasteiger partial charge >= 0.3 is 5.97 Å². The van der Waals surface area contributed by atoms with Crippen LogP contribution >= 0.6 is 0 Å². The average Bonchev–Trinajstić information content (AvgIpc) is 2.39. The number of hydrogen-bond acceptors (Lipinski definition) is 3. The number of benzene rings is 1. The minimum Gasteiger partial charge on any atom is -0.478 e. The second-order valence-electron chi connectivity index (χ2n) is 5.53. The fraction of sp³-hybridized carbons (Fsp3) is 0.533. The molecule has 1 fully saturated rings. The fourth-order valence-electron chi connectivity index (χ4n) is 2.65. The Bertz CT molecular complexity index is 428. The van der Waals surface area contributed by atoms with Crippen LogP contribution < -0.4 is 10.2 Å². The van der Waals surface area contributed by atoms with E-state index in [1.54, 1.807) is 12.1 Å². The number of carboxylic acids is 1. The first-order valence-electron chi connectivity index (χ1n) is 6.88. The van der Waals surface area contributed by atoms with Crippen LogP contribution in [0.5, 0.6) is 0 Å². The molecule has 0 amide bonds. The van der Waals surface area contributed by atoms with Crippen LogP contribution in [0.1, 0.15) is 30.6 Å². The van der Waals surface area contributed by atoms with Crippen LogP contribution in [-0.2, 0) is 0 Å². The van der Waals surface area contributed by atoms with Crippen molar-refractivity contribution >= 4 is 11.7 Å². The van der Waals surface area contributed by atoms with Gasteiger partial charge in [0.05, 0.1) is 5.56 Å². The van der Waals surface area contributed by atoms with Crippen molar-refractivity contribution < 1.29 is 9.90 Å². The molecule has 1 aromatic carbocycles. The average molecular weight is 262 g/mol. The number of carboxylic acid groups (broad SMARTS) is 1. The molecule has 1 saturated heterocycles. The summed E-state index contributed by atoms with van der Waals surface area (Å²) in [7, 11) is 0. The second-order valence-corrected chi connectivity index (χ2v) is 5.53. The highest BCUT2D eigenvalue weighted by molar-refractivity contribution is 5.88. The molecule has 2 rings (SSSR count). The lowest BCUT2D eigenvalue weighted by atomic mass is 10.00. The monoisotopic (exact) mass is 262 g/mol. The number of hydrogen-bond donors (Lipinski definition) is 2. The fourth-order valence-corrected chi connectivity index (χ4v) is 2.65. The van der Waals surface area contributed by atoms with Gasteiger partial charge in [-0.25, -0.2) is 4.79 Å². The van der Waals surface area contributed by atoms with Crippen LogP contribution in [-0.4, -0.2) is 36.8 Å². The van der Waals surface area contributed by atoms with Crippen LogP contribution in [0.3, 0.4) is 0 Å². The molecule has 104 valence electrons. The number of aromatic carboxylic acids is 1. The lowest BCUT2D eigenvalue weighted by Gasteiger charge is -2.39. The highest BCUT2D eigenvalue weighted by atomic mass is 16.4. The van der Waals surface area contributed by atoms with Gasteiger partial charge in [-0.2, -0.15) is 0 Å². The quantitative estimate of drug-likeness (QED) is 0.873. The summed E-state index contributed by atoms with van der Waals surface area (Å²) >= 11 is 0. The number of nitrogens with zero attached hydrogens (tertiary/aromatic N) is 1. The van der Waals surface area contributed by atoms with E-state index in [4.69, 9.17) is 5.11 Å². The van der Waals surface area contributed by atoms with Crippen molar-refractivity contribution in [3.8, 4) is 0 Å². The number of piperazine rings is 1. The van der Waals surface area contributed by atoms with Crippen LogP contribution in [0.4, 0.5) is 5.69 Å². The third-order valence-electron chi connectivity index (χ3n) is 3.54. The standard InChI is InChI=1S/C15H22N2O2/c1-11(2)9-14-10-16-7-8-17(14)13-5-3-12(4-6-13)15(18)19/h3-6,11,14,16H,7-10H2,1-2H3,(H,18,19)/t14-/m0/s1. The molecule has 1 aliphatic heterocycles. The highest BCUT2D eigenvalue weighted by Gasteiger charge is 2.23. The van der Waals surface area contributed by atoms with E-state index in [9.17, 15) is 4.79 Å². The van der Waals surface area contributed by atoms with E-state index < -0.39 is 5.97 Å². The van der Waals surface area contributed by atoms with E-state index in [0.717, 1.165) is 31.7 Å². The first-order valence-corrected chi connectivity index (χ1v) is 6.88. The molecule has 0 radical (unpaired) electrons. The van der Waals surface area contributed by atoms with Crippen molar-refractivity contribution in [2.75, 3.05) is 24.5 Å². The zero-order valence-electron chi connectivity index (χ0n) is 11.6. The molecule has 1 heterocycles. The Hall–Kier alpha value is -1.55. The molecule has 1 atom stereocenters. The Morgan fingerprint density at radius 3 is 2.68 bits per heavy atom. The third kappa shape index (κ3) is 3.47. The van der Waals surface area contributed by atoms with Gasteiger partial charge in [0.2, 0.25) is 0 Å². The number of rotatable bonds is 4. The van der Waals surface area contributed by atoms with Gasteiger partial charge in [-0.05, 0) is 36.6 Å². The molecule has 0 aliphatic carbocycles. The smallest absolute Gasteiger partial charge is 0.335 e. The van der Waals surface area contributed by atoms with Gasteiger partial charge < -0.3 is 15.3 Å². The molecule has 19 heavy (non-hydrogen) atoms. The van der Waals surface area contributed by atoms with Gasteiger partial charge in [-0.3, -0.25) is 0 Å². The summed E-state index contributed by atoms with van der Waals surface area (Å²) in [6.45, 7) is 7.43. The molecule has 1 aromatic rings. The van der Waals surface area contributed by atoms with Gasteiger partial charge in [-0.1, -0.05) is 13.8 Å². The first kappa shape index (κ1) is 13.9. The maximum Gasteiger partial charge on any atom is 0.335 e. The van der Waals surface area contributed by atoms with Crippen LogP contribution in [0.25, 0.3) is 0 Å². The minimum absolute atomic E-state index is 0.347. The molecule has 4 nitrogen and oxygen atoms in total. The lowest BCUT2D eigenvalue weighted by Crippen LogP contribution is -2.51. The Kier molecular flexibility index (Phi) is 4.43. The summed E-state index contributed by atoms with van der Waals surface area (Å²) in [5.41, 5.74) is 1.47. The normalized spacial score (nSPS) is 19.7. The van der Waals surface area contributed by atoms with Crippen molar-refractivity contribution in [1.82, 2.24) is 5.32 Å². The van der Waals surface area contributed by atoms with Crippen molar-refractivity contribution in [3.63, 3.8) is 0 Å². The maximum atomic E-state index is 10.9.